The van der Waals surface area contributed by atoms with Gasteiger partial charge in [0.05, 0.1) is 6.61 Å². The van der Waals surface area contributed by atoms with Gasteiger partial charge in [-0.25, -0.2) is 0 Å². The molecule has 0 fully saturated rings. The molecule has 2 aromatic heterocycles. The summed E-state index contributed by atoms with van der Waals surface area (Å²) in [5, 5.41) is 18.4. The first kappa shape index (κ1) is 19.1. The second kappa shape index (κ2) is 8.82. The molecule has 0 unspecified atom stereocenters. The van der Waals surface area contributed by atoms with E-state index in [1.165, 1.54) is 4.90 Å². The summed E-state index contributed by atoms with van der Waals surface area (Å²) >= 11 is 3.49. The van der Waals surface area contributed by atoms with E-state index in [-0.39, 0.29) is 6.61 Å². The van der Waals surface area contributed by atoms with Crippen LogP contribution in [0.2, 0.25) is 0 Å². The Morgan fingerprint density at radius 1 is 0.929 bits per heavy atom. The van der Waals surface area contributed by atoms with Gasteiger partial charge in [-0.1, -0.05) is 55.1 Å². The van der Waals surface area contributed by atoms with Gasteiger partial charge in [-0.2, -0.15) is 0 Å². The van der Waals surface area contributed by atoms with Crippen molar-refractivity contribution in [2.75, 3.05) is 5.75 Å². The lowest BCUT2D eigenvalue weighted by atomic mass is 10.2. The summed E-state index contributed by atoms with van der Waals surface area (Å²) in [4.78, 5) is 3.35. The van der Waals surface area contributed by atoms with Gasteiger partial charge in [-0.05, 0) is 42.0 Å². The van der Waals surface area contributed by atoms with Crippen LogP contribution in [0.5, 0.6) is 0 Å². The Kier molecular flexibility index (Phi) is 6.00. The summed E-state index contributed by atoms with van der Waals surface area (Å²) in [6.07, 6.45) is 3.20. The molecular formula is C22H21N3OS2. The highest BCUT2D eigenvalue weighted by Crippen LogP contribution is 2.34. The summed E-state index contributed by atoms with van der Waals surface area (Å²) in [6, 6.07) is 20.3. The molecule has 0 amide bonds. The molecule has 6 heteroatoms. The van der Waals surface area contributed by atoms with Crippen LogP contribution in [-0.2, 0) is 6.61 Å². The largest absolute Gasteiger partial charge is 0.392 e. The van der Waals surface area contributed by atoms with E-state index in [0.29, 0.717) is 0 Å². The third-order valence-electron chi connectivity index (χ3n) is 4.34. The van der Waals surface area contributed by atoms with E-state index in [1.807, 2.05) is 54.2 Å². The Morgan fingerprint density at radius 2 is 1.71 bits per heavy atom. The van der Waals surface area contributed by atoms with Gasteiger partial charge in [0.25, 0.3) is 0 Å². The molecule has 0 aliphatic carbocycles. The van der Waals surface area contributed by atoms with Crippen LogP contribution < -0.4 is 0 Å². The smallest absolute Gasteiger partial charge is 0.169 e. The Balaban J connectivity index is 1.73. The van der Waals surface area contributed by atoms with Crippen molar-refractivity contribution >= 4 is 29.2 Å². The molecule has 28 heavy (non-hydrogen) atoms. The Bertz CT molecular complexity index is 1090. The van der Waals surface area contributed by atoms with Crippen LogP contribution >= 0.6 is 23.5 Å². The van der Waals surface area contributed by atoms with E-state index in [9.17, 15) is 5.11 Å². The maximum atomic E-state index is 9.59. The average Bonchev–Trinajstić information content (AvgIpc) is 3.16. The van der Waals surface area contributed by atoms with Crippen molar-refractivity contribution in [3.8, 4) is 11.4 Å². The maximum Gasteiger partial charge on any atom is 0.169 e. The summed E-state index contributed by atoms with van der Waals surface area (Å²) in [7, 11) is 0. The topological polar surface area (TPSA) is 50.4 Å². The lowest BCUT2D eigenvalue weighted by Crippen LogP contribution is -1.93. The third-order valence-corrected chi connectivity index (χ3v) is 6.71. The SMILES string of the molecule is CCCSc1ccccc1-c1nnc2ccc(Sc3ccccc3CO)cn12. The molecular weight excluding hydrogens is 386 g/mol. The normalized spacial score (nSPS) is 11.2. The fourth-order valence-electron chi connectivity index (χ4n) is 2.97. The highest BCUT2D eigenvalue weighted by Gasteiger charge is 2.13. The van der Waals surface area contributed by atoms with Crippen molar-refractivity contribution < 1.29 is 5.11 Å². The van der Waals surface area contributed by atoms with Crippen LogP contribution in [0.4, 0.5) is 0 Å². The Labute approximate surface area is 173 Å². The second-order valence-corrected chi connectivity index (χ2v) is 8.58. The quantitative estimate of drug-likeness (QED) is 0.408. The Hall–Kier alpha value is -2.28. The second-order valence-electron chi connectivity index (χ2n) is 6.33. The van der Waals surface area contributed by atoms with Crippen molar-refractivity contribution in [3.63, 3.8) is 0 Å². The molecule has 2 heterocycles. The zero-order valence-electron chi connectivity index (χ0n) is 15.6. The number of hydrogen-bond donors (Lipinski definition) is 1. The van der Waals surface area contributed by atoms with Gasteiger partial charge >= 0.3 is 0 Å². The summed E-state index contributed by atoms with van der Waals surface area (Å²) in [5.41, 5.74) is 2.86. The minimum Gasteiger partial charge on any atom is -0.392 e. The van der Waals surface area contributed by atoms with Gasteiger partial charge in [0.15, 0.2) is 11.5 Å². The molecule has 0 bridgehead atoms. The standard InChI is InChI=1S/C22H21N3OS2/c1-2-13-27-20-10-6-4-8-18(20)22-24-23-21-12-11-17(14-25(21)22)28-19-9-5-3-7-16(19)15-26/h3-12,14,26H,2,13,15H2,1H3. The van der Waals surface area contributed by atoms with Crippen molar-refractivity contribution in [1.82, 2.24) is 14.6 Å². The van der Waals surface area contributed by atoms with Crippen LogP contribution in [0.15, 0.2) is 81.5 Å². The maximum absolute atomic E-state index is 9.59. The number of nitrogens with zero attached hydrogens (tertiary/aromatic N) is 3. The van der Waals surface area contributed by atoms with Gasteiger partial charge in [-0.3, -0.25) is 4.40 Å². The molecule has 2 aromatic carbocycles. The molecule has 4 rings (SSSR count). The van der Waals surface area contributed by atoms with E-state index in [2.05, 4.69) is 45.9 Å². The lowest BCUT2D eigenvalue weighted by Gasteiger charge is -2.09. The summed E-state index contributed by atoms with van der Waals surface area (Å²) < 4.78 is 2.05. The van der Waals surface area contributed by atoms with E-state index in [1.54, 1.807) is 11.8 Å². The van der Waals surface area contributed by atoms with Gasteiger partial charge < -0.3 is 5.11 Å². The van der Waals surface area contributed by atoms with Crippen LogP contribution in [0.3, 0.4) is 0 Å². The minimum atomic E-state index is 0.0331. The Morgan fingerprint density at radius 3 is 2.54 bits per heavy atom. The van der Waals surface area contributed by atoms with Gasteiger partial charge in [0, 0.05) is 26.4 Å². The average molecular weight is 408 g/mol. The zero-order valence-corrected chi connectivity index (χ0v) is 17.2. The van der Waals surface area contributed by atoms with Gasteiger partial charge in [-0.15, -0.1) is 22.0 Å². The highest BCUT2D eigenvalue weighted by molar-refractivity contribution is 7.99. The number of pyridine rings is 1. The van der Waals surface area contributed by atoms with Crippen molar-refractivity contribution in [3.05, 3.63) is 72.4 Å². The van der Waals surface area contributed by atoms with Crippen LogP contribution in [0.25, 0.3) is 17.0 Å². The number of rotatable bonds is 7. The molecule has 0 aliphatic heterocycles. The molecule has 0 spiro atoms. The number of thioether (sulfide) groups is 1. The van der Waals surface area contributed by atoms with Crippen molar-refractivity contribution in [2.24, 2.45) is 0 Å². The van der Waals surface area contributed by atoms with Gasteiger partial charge in [0.1, 0.15) is 0 Å². The zero-order chi connectivity index (χ0) is 19.3. The van der Waals surface area contributed by atoms with E-state index >= 15 is 0 Å². The van der Waals surface area contributed by atoms with E-state index in [4.69, 9.17) is 0 Å². The highest BCUT2D eigenvalue weighted by atomic mass is 32.2. The molecule has 0 radical (unpaired) electrons. The van der Waals surface area contributed by atoms with Crippen LogP contribution in [0, 0.1) is 0 Å². The van der Waals surface area contributed by atoms with E-state index in [0.717, 1.165) is 44.6 Å². The number of hydrogen-bond acceptors (Lipinski definition) is 5. The lowest BCUT2D eigenvalue weighted by molar-refractivity contribution is 0.279. The molecule has 0 aliphatic rings. The first-order chi connectivity index (χ1) is 13.8. The van der Waals surface area contributed by atoms with Crippen molar-refractivity contribution in [1.29, 1.82) is 0 Å². The van der Waals surface area contributed by atoms with Gasteiger partial charge in [0.2, 0.25) is 0 Å². The molecule has 4 nitrogen and oxygen atoms in total. The number of benzene rings is 2. The number of aliphatic hydroxyl groups excluding tert-OH is 1. The number of aliphatic hydroxyl groups is 1. The molecule has 1 N–H and O–H groups in total. The summed E-state index contributed by atoms with van der Waals surface area (Å²) in [6.45, 7) is 2.22. The first-order valence-electron chi connectivity index (χ1n) is 9.23. The molecule has 142 valence electrons. The summed E-state index contributed by atoms with van der Waals surface area (Å²) in [5.74, 6) is 1.93. The number of fused-ring (bicyclic) bond motifs is 1. The third kappa shape index (κ3) is 3.94. The van der Waals surface area contributed by atoms with Crippen molar-refractivity contribution in [2.45, 2.75) is 34.6 Å². The fraction of sp³-hybridized carbons (Fsp3) is 0.182. The predicted molar refractivity (Wildman–Crippen MR) is 116 cm³/mol. The molecule has 0 saturated heterocycles. The molecule has 0 atom stereocenters. The fourth-order valence-corrected chi connectivity index (χ4v) is 4.84. The van der Waals surface area contributed by atoms with E-state index < -0.39 is 0 Å². The van der Waals surface area contributed by atoms with Crippen LogP contribution in [0.1, 0.15) is 18.9 Å². The van der Waals surface area contributed by atoms with Crippen LogP contribution in [-0.4, -0.2) is 25.5 Å². The molecule has 4 aromatic rings. The molecule has 0 saturated carbocycles. The monoisotopic (exact) mass is 407 g/mol. The minimum absolute atomic E-state index is 0.0331. The first-order valence-corrected chi connectivity index (χ1v) is 11.0. The number of aromatic nitrogens is 3. The predicted octanol–water partition coefficient (Wildman–Crippen LogP) is 5.54.